The highest BCUT2D eigenvalue weighted by Gasteiger charge is 2.33. The number of piperidine rings is 1. The van der Waals surface area contributed by atoms with Crippen LogP contribution in [0.25, 0.3) is 0 Å². The van der Waals surface area contributed by atoms with Crippen LogP contribution in [0.15, 0.2) is 41.3 Å². The van der Waals surface area contributed by atoms with E-state index in [2.05, 4.69) is 10.1 Å². The number of halogens is 1. The Morgan fingerprint density at radius 2 is 1.77 bits per heavy atom. The van der Waals surface area contributed by atoms with Gasteiger partial charge in [-0.25, -0.2) is 17.6 Å². The lowest BCUT2D eigenvalue weighted by molar-refractivity contribution is -0.120. The van der Waals surface area contributed by atoms with Crippen LogP contribution in [0, 0.1) is 25.6 Å². The van der Waals surface area contributed by atoms with E-state index >= 15 is 0 Å². The van der Waals surface area contributed by atoms with E-state index in [4.69, 9.17) is 0 Å². The number of benzene rings is 2. The van der Waals surface area contributed by atoms with Gasteiger partial charge in [-0.3, -0.25) is 4.79 Å². The molecule has 0 aliphatic carbocycles. The Kier molecular flexibility index (Phi) is 6.76. The second-order valence-corrected chi connectivity index (χ2v) is 9.53. The fourth-order valence-corrected chi connectivity index (χ4v) is 5.36. The van der Waals surface area contributed by atoms with E-state index in [0.29, 0.717) is 18.4 Å². The number of aryl methyl sites for hydroxylation is 2. The summed E-state index contributed by atoms with van der Waals surface area (Å²) in [4.78, 5) is 24.5. The van der Waals surface area contributed by atoms with E-state index in [1.165, 1.54) is 23.5 Å². The molecule has 1 aliphatic heterocycles. The van der Waals surface area contributed by atoms with Gasteiger partial charge in [-0.2, -0.15) is 4.31 Å². The summed E-state index contributed by atoms with van der Waals surface area (Å²) in [6.07, 6.45) is 0.628. The Balaban J connectivity index is 1.67. The van der Waals surface area contributed by atoms with Gasteiger partial charge in [-0.15, -0.1) is 0 Å². The molecule has 3 rings (SSSR count). The molecule has 1 fully saturated rings. The maximum atomic E-state index is 14.1. The first kappa shape index (κ1) is 22.9. The van der Waals surface area contributed by atoms with Crippen LogP contribution in [0.4, 0.5) is 10.1 Å². The van der Waals surface area contributed by atoms with Crippen molar-refractivity contribution in [1.29, 1.82) is 0 Å². The third-order valence-corrected chi connectivity index (χ3v) is 7.48. The molecule has 1 saturated heterocycles. The van der Waals surface area contributed by atoms with Gasteiger partial charge >= 0.3 is 5.97 Å². The molecule has 0 aromatic heterocycles. The Morgan fingerprint density at radius 3 is 2.39 bits per heavy atom. The summed E-state index contributed by atoms with van der Waals surface area (Å²) in [5.41, 5.74) is 1.67. The monoisotopic (exact) mass is 448 g/mol. The highest BCUT2D eigenvalue weighted by Crippen LogP contribution is 2.27. The van der Waals surface area contributed by atoms with Crippen molar-refractivity contribution in [2.24, 2.45) is 5.92 Å². The summed E-state index contributed by atoms with van der Waals surface area (Å²) in [5.74, 6) is -2.19. The van der Waals surface area contributed by atoms with Crippen LogP contribution in [0.5, 0.6) is 0 Å². The summed E-state index contributed by atoms with van der Waals surface area (Å²) in [6, 6.07) is 8.77. The molecule has 2 aromatic carbocycles. The van der Waals surface area contributed by atoms with E-state index < -0.39 is 33.6 Å². The fraction of sp³-hybridized carbons (Fsp3) is 0.364. The average molecular weight is 449 g/mol. The van der Waals surface area contributed by atoms with E-state index in [9.17, 15) is 22.4 Å². The number of hydrogen-bond acceptors (Lipinski definition) is 5. The first-order chi connectivity index (χ1) is 14.6. The van der Waals surface area contributed by atoms with E-state index in [1.807, 2.05) is 13.0 Å². The van der Waals surface area contributed by atoms with E-state index in [0.717, 1.165) is 11.6 Å². The Bertz CT molecular complexity index is 1110. The predicted octanol–water partition coefficient (Wildman–Crippen LogP) is 3.27. The molecule has 0 atom stereocenters. The topological polar surface area (TPSA) is 92.8 Å². The van der Waals surface area contributed by atoms with Crippen molar-refractivity contribution in [3.8, 4) is 0 Å². The van der Waals surface area contributed by atoms with Gasteiger partial charge in [0.25, 0.3) is 0 Å². The molecule has 0 radical (unpaired) electrons. The minimum Gasteiger partial charge on any atom is -0.465 e. The van der Waals surface area contributed by atoms with Crippen molar-refractivity contribution in [3.63, 3.8) is 0 Å². The summed E-state index contributed by atoms with van der Waals surface area (Å²) in [5, 5.41) is 2.51. The molecule has 0 bridgehead atoms. The smallest absolute Gasteiger partial charge is 0.337 e. The van der Waals surface area contributed by atoms with Gasteiger partial charge in [0.15, 0.2) is 0 Å². The second kappa shape index (κ2) is 9.15. The van der Waals surface area contributed by atoms with Crippen molar-refractivity contribution < 1.29 is 27.1 Å². The quantitative estimate of drug-likeness (QED) is 0.709. The molecule has 9 heteroatoms. The molecule has 1 N–H and O–H groups in total. The number of anilines is 1. The van der Waals surface area contributed by atoms with Crippen molar-refractivity contribution in [2.75, 3.05) is 25.5 Å². The maximum Gasteiger partial charge on any atom is 0.337 e. The zero-order valence-corrected chi connectivity index (χ0v) is 18.5. The Hall–Kier alpha value is -2.78. The van der Waals surface area contributed by atoms with Crippen LogP contribution in [-0.4, -0.2) is 44.8 Å². The lowest BCUT2D eigenvalue weighted by atomic mass is 9.97. The number of ether oxygens (including phenoxy) is 1. The largest absolute Gasteiger partial charge is 0.465 e. The zero-order chi connectivity index (χ0) is 22.8. The molecule has 0 spiro atoms. The first-order valence-electron chi connectivity index (χ1n) is 9.89. The molecule has 1 heterocycles. The first-order valence-corrected chi connectivity index (χ1v) is 11.3. The molecule has 0 unspecified atom stereocenters. The number of sulfonamides is 1. The highest BCUT2D eigenvalue weighted by molar-refractivity contribution is 7.89. The number of carbonyl (C=O) groups excluding carboxylic acids is 2. The molecular weight excluding hydrogens is 423 g/mol. The normalized spacial score (nSPS) is 15.5. The summed E-state index contributed by atoms with van der Waals surface area (Å²) in [7, 11) is -2.44. The lowest BCUT2D eigenvalue weighted by Gasteiger charge is -2.31. The van der Waals surface area contributed by atoms with Crippen molar-refractivity contribution in [3.05, 3.63) is 58.9 Å². The number of rotatable bonds is 5. The zero-order valence-electron chi connectivity index (χ0n) is 17.6. The van der Waals surface area contributed by atoms with Crippen LogP contribution >= 0.6 is 0 Å². The Labute approximate surface area is 181 Å². The number of methoxy groups -OCH3 is 1. The summed E-state index contributed by atoms with van der Waals surface area (Å²) >= 11 is 0. The minimum atomic E-state index is -3.65. The molecule has 166 valence electrons. The van der Waals surface area contributed by atoms with Gasteiger partial charge < -0.3 is 10.1 Å². The van der Waals surface area contributed by atoms with Crippen molar-refractivity contribution in [1.82, 2.24) is 4.31 Å². The molecule has 1 amide bonds. The van der Waals surface area contributed by atoms with Crippen LogP contribution in [0.2, 0.25) is 0 Å². The summed E-state index contributed by atoms with van der Waals surface area (Å²) < 4.78 is 46.1. The van der Waals surface area contributed by atoms with Crippen LogP contribution in [0.3, 0.4) is 0 Å². The van der Waals surface area contributed by atoms with Crippen molar-refractivity contribution >= 4 is 27.6 Å². The molecule has 1 aliphatic rings. The third-order valence-electron chi connectivity index (χ3n) is 5.42. The third kappa shape index (κ3) is 4.94. The molecule has 7 nitrogen and oxygen atoms in total. The van der Waals surface area contributed by atoms with Gasteiger partial charge in [0.05, 0.1) is 23.3 Å². The predicted molar refractivity (Wildman–Crippen MR) is 114 cm³/mol. The average Bonchev–Trinajstić information content (AvgIpc) is 2.74. The molecule has 31 heavy (non-hydrogen) atoms. The van der Waals surface area contributed by atoms with Gasteiger partial charge in [0, 0.05) is 19.0 Å². The van der Waals surface area contributed by atoms with Crippen LogP contribution < -0.4 is 5.32 Å². The highest BCUT2D eigenvalue weighted by atomic mass is 32.2. The van der Waals surface area contributed by atoms with E-state index in [-0.39, 0.29) is 29.2 Å². The van der Waals surface area contributed by atoms with Gasteiger partial charge in [0.2, 0.25) is 15.9 Å². The van der Waals surface area contributed by atoms with E-state index in [1.54, 1.807) is 19.1 Å². The molecular formula is C22H25FN2O5S. The van der Waals surface area contributed by atoms with Gasteiger partial charge in [-0.05, 0) is 56.5 Å². The number of esters is 1. The van der Waals surface area contributed by atoms with Crippen molar-refractivity contribution in [2.45, 2.75) is 31.6 Å². The summed E-state index contributed by atoms with van der Waals surface area (Å²) in [6.45, 7) is 4.05. The number of nitrogens with one attached hydrogen (secondary N) is 1. The lowest BCUT2D eigenvalue weighted by Crippen LogP contribution is -2.41. The minimum absolute atomic E-state index is 0.113. The fourth-order valence-electron chi connectivity index (χ4n) is 3.69. The standard InChI is InChI=1S/C22H25FN2O5S/c1-14-4-7-20(15(2)12-14)31(28,29)25-10-8-16(9-11-25)21(26)24-19-13-17(22(27)30-3)5-6-18(19)23/h4-7,12-13,16H,8-11H2,1-3H3,(H,24,26). The number of nitrogens with zero attached hydrogens (tertiary/aromatic N) is 1. The Morgan fingerprint density at radius 1 is 1.10 bits per heavy atom. The SMILES string of the molecule is COC(=O)c1ccc(F)c(NC(=O)C2CCN(S(=O)(=O)c3ccc(C)cc3C)CC2)c1. The van der Waals surface area contributed by atoms with Crippen LogP contribution in [0.1, 0.15) is 34.3 Å². The number of carbonyl (C=O) groups is 2. The molecule has 0 saturated carbocycles. The number of hydrogen-bond donors (Lipinski definition) is 1. The van der Waals surface area contributed by atoms with Gasteiger partial charge in [0.1, 0.15) is 5.82 Å². The molecule has 2 aromatic rings. The van der Waals surface area contributed by atoms with Gasteiger partial charge in [-0.1, -0.05) is 17.7 Å². The van der Waals surface area contributed by atoms with Crippen LogP contribution in [-0.2, 0) is 19.6 Å². The second-order valence-electron chi connectivity index (χ2n) is 7.62. The maximum absolute atomic E-state index is 14.1. The number of amides is 1.